The SMILES string of the molecule is CC(C)(C)c1ccccc1C(OP(=O)(OC(c1ccccc1C(C)(C)C)c1ccccc1C(C)(C)C)OC(c1ccccc1C(C)(C)C)c1ccccc1C(C)(C)C)c1ccccc1C(C)(C)C. The summed E-state index contributed by atoms with van der Waals surface area (Å²) in [6.07, 6.45) is -2.58. The van der Waals surface area contributed by atoms with Crippen LogP contribution in [0.25, 0.3) is 0 Å². The highest BCUT2D eigenvalue weighted by molar-refractivity contribution is 7.48. The minimum Gasteiger partial charge on any atom is -0.274 e. The highest BCUT2D eigenvalue weighted by Crippen LogP contribution is 2.63. The van der Waals surface area contributed by atoms with E-state index in [-0.39, 0.29) is 32.5 Å². The summed E-state index contributed by atoms with van der Waals surface area (Å²) in [5.74, 6) is 0. The Hall–Kier alpha value is -4.57. The van der Waals surface area contributed by atoms with Crippen LogP contribution in [0.4, 0.5) is 0 Å². The van der Waals surface area contributed by atoms with Gasteiger partial charge < -0.3 is 0 Å². The predicted octanol–water partition coefficient (Wildman–Crippen LogP) is 18.3. The molecule has 0 aliphatic carbocycles. The molecule has 5 heteroatoms. The van der Waals surface area contributed by atoms with Gasteiger partial charge in [-0.15, -0.1) is 0 Å². The molecule has 0 spiro atoms. The molecular weight excluding hydrogens is 852 g/mol. The van der Waals surface area contributed by atoms with Crippen molar-refractivity contribution in [2.24, 2.45) is 0 Å². The standard InChI is InChI=1S/C63H81O4P/c1-58(2,3)49-37-25-19-31-43(49)55(44-32-20-26-38-50(44)59(4,5)6)65-68(64,66-56(45-33-21-27-39-51(45)60(7,8)9)46-34-22-28-40-52(46)61(10,11)12)67-57(47-35-23-29-41-53(47)62(13,14)15)48-36-24-30-42-54(48)63(16,17)18/h19-42,55-57H,1-18H3. The lowest BCUT2D eigenvalue weighted by Gasteiger charge is -2.37. The zero-order valence-corrected chi connectivity index (χ0v) is 45.6. The first-order valence-corrected chi connectivity index (χ1v) is 26.1. The van der Waals surface area contributed by atoms with Crippen LogP contribution in [0.3, 0.4) is 0 Å². The van der Waals surface area contributed by atoms with Crippen molar-refractivity contribution < 1.29 is 18.1 Å². The highest BCUT2D eigenvalue weighted by atomic mass is 31.2. The smallest absolute Gasteiger partial charge is 0.274 e. The zero-order chi connectivity index (χ0) is 50.3. The van der Waals surface area contributed by atoms with Crippen molar-refractivity contribution in [2.45, 2.75) is 175 Å². The molecule has 68 heavy (non-hydrogen) atoms. The fraction of sp³-hybridized carbons (Fsp3) is 0.429. The first kappa shape index (κ1) is 52.8. The maximum Gasteiger partial charge on any atom is 0.477 e. The van der Waals surface area contributed by atoms with Gasteiger partial charge in [-0.25, -0.2) is 4.57 Å². The Bertz CT molecular complexity index is 2250. The molecule has 0 bridgehead atoms. The second kappa shape index (κ2) is 19.7. The Labute approximate surface area is 411 Å². The van der Waals surface area contributed by atoms with Gasteiger partial charge in [0.1, 0.15) is 18.3 Å². The summed E-state index contributed by atoms with van der Waals surface area (Å²) in [5, 5.41) is 0. The van der Waals surface area contributed by atoms with Gasteiger partial charge in [0.05, 0.1) is 0 Å². The van der Waals surface area contributed by atoms with Gasteiger partial charge >= 0.3 is 7.82 Å². The van der Waals surface area contributed by atoms with Gasteiger partial charge in [0.15, 0.2) is 0 Å². The van der Waals surface area contributed by atoms with Crippen LogP contribution < -0.4 is 0 Å². The average Bonchev–Trinajstić information content (AvgIpc) is 3.25. The summed E-state index contributed by atoms with van der Waals surface area (Å²) in [4.78, 5) is 0. The summed E-state index contributed by atoms with van der Waals surface area (Å²) in [7, 11) is -4.81. The van der Waals surface area contributed by atoms with Crippen LogP contribution in [-0.2, 0) is 50.6 Å². The Morgan fingerprint density at radius 1 is 0.265 bits per heavy atom. The van der Waals surface area contributed by atoms with Crippen LogP contribution in [0.2, 0.25) is 0 Å². The molecule has 0 saturated carbocycles. The molecule has 6 aromatic rings. The molecule has 0 unspecified atom stereocenters. The topological polar surface area (TPSA) is 44.8 Å². The molecule has 0 N–H and O–H groups in total. The van der Waals surface area contributed by atoms with Crippen molar-refractivity contribution in [3.8, 4) is 0 Å². The number of hydrogen-bond donors (Lipinski definition) is 0. The number of hydrogen-bond acceptors (Lipinski definition) is 4. The fourth-order valence-electron chi connectivity index (χ4n) is 9.76. The summed E-state index contributed by atoms with van der Waals surface area (Å²) in [6, 6.07) is 50.5. The van der Waals surface area contributed by atoms with Crippen molar-refractivity contribution in [1.29, 1.82) is 0 Å². The van der Waals surface area contributed by atoms with Gasteiger partial charge in [-0.3, -0.25) is 13.6 Å². The van der Waals surface area contributed by atoms with Crippen LogP contribution in [0, 0.1) is 0 Å². The Balaban J connectivity index is 1.78. The van der Waals surface area contributed by atoms with Crippen molar-refractivity contribution in [3.05, 3.63) is 212 Å². The lowest BCUT2D eigenvalue weighted by Crippen LogP contribution is -2.25. The van der Waals surface area contributed by atoms with Gasteiger partial charge in [0.25, 0.3) is 0 Å². The first-order valence-electron chi connectivity index (χ1n) is 24.6. The number of rotatable bonds is 12. The molecule has 4 nitrogen and oxygen atoms in total. The fourth-order valence-corrected chi connectivity index (χ4v) is 11.4. The molecular formula is C63H81O4P. The van der Waals surface area contributed by atoms with Crippen LogP contribution in [0.1, 0.15) is 210 Å². The molecule has 0 atom stereocenters. The Kier molecular flexibility index (Phi) is 15.3. The van der Waals surface area contributed by atoms with E-state index in [4.69, 9.17) is 13.6 Å². The van der Waals surface area contributed by atoms with Crippen LogP contribution in [0.15, 0.2) is 146 Å². The third-order valence-electron chi connectivity index (χ3n) is 13.0. The molecule has 0 aliphatic rings. The van der Waals surface area contributed by atoms with Crippen LogP contribution in [-0.4, -0.2) is 0 Å². The largest absolute Gasteiger partial charge is 0.477 e. The zero-order valence-electron chi connectivity index (χ0n) is 44.7. The van der Waals surface area contributed by atoms with E-state index in [1.165, 1.54) is 0 Å². The van der Waals surface area contributed by atoms with Crippen LogP contribution >= 0.6 is 7.82 Å². The van der Waals surface area contributed by atoms with E-state index in [1.807, 2.05) is 0 Å². The van der Waals surface area contributed by atoms with E-state index in [0.717, 1.165) is 66.8 Å². The molecule has 0 saturated heterocycles. The van der Waals surface area contributed by atoms with Crippen molar-refractivity contribution in [1.82, 2.24) is 0 Å². The lowest BCUT2D eigenvalue weighted by molar-refractivity contribution is 0.0541. The average molecular weight is 933 g/mol. The third-order valence-corrected chi connectivity index (χ3v) is 14.4. The molecule has 362 valence electrons. The molecule has 0 heterocycles. The van der Waals surface area contributed by atoms with E-state index in [1.54, 1.807) is 0 Å². The summed E-state index contributed by atoms with van der Waals surface area (Å²) < 4.78 is 40.5. The number of phosphoric acid groups is 1. The normalized spacial score (nSPS) is 13.5. The summed E-state index contributed by atoms with van der Waals surface area (Å²) in [5.41, 5.74) is 10.2. The van der Waals surface area contributed by atoms with E-state index in [0.29, 0.717) is 0 Å². The quantitative estimate of drug-likeness (QED) is 0.115. The lowest BCUT2D eigenvalue weighted by atomic mass is 9.78. The third kappa shape index (κ3) is 12.1. The Morgan fingerprint density at radius 3 is 0.529 bits per heavy atom. The monoisotopic (exact) mass is 933 g/mol. The summed E-state index contributed by atoms with van der Waals surface area (Å²) in [6.45, 7) is 39.9. The molecule has 0 aromatic heterocycles. The van der Waals surface area contributed by atoms with Crippen molar-refractivity contribution in [2.75, 3.05) is 0 Å². The van der Waals surface area contributed by atoms with Gasteiger partial charge in [0, 0.05) is 0 Å². The first-order chi connectivity index (χ1) is 31.4. The van der Waals surface area contributed by atoms with Gasteiger partial charge in [-0.1, -0.05) is 270 Å². The van der Waals surface area contributed by atoms with E-state index >= 15 is 4.57 Å². The molecule has 6 rings (SSSR count). The van der Waals surface area contributed by atoms with Gasteiger partial charge in [-0.2, -0.15) is 0 Å². The molecule has 0 fully saturated rings. The number of phosphoric ester groups is 1. The van der Waals surface area contributed by atoms with Gasteiger partial charge in [-0.05, 0) is 99.3 Å². The second-order valence-electron chi connectivity index (χ2n) is 24.9. The molecule has 0 radical (unpaired) electrons. The van der Waals surface area contributed by atoms with Crippen LogP contribution in [0.5, 0.6) is 0 Å². The maximum absolute atomic E-state index is 17.6. The molecule has 0 aliphatic heterocycles. The number of benzene rings is 6. The Morgan fingerprint density at radius 2 is 0.397 bits per heavy atom. The predicted molar refractivity (Wildman–Crippen MR) is 287 cm³/mol. The maximum atomic E-state index is 17.6. The minimum atomic E-state index is -4.81. The van der Waals surface area contributed by atoms with Gasteiger partial charge in [0.2, 0.25) is 0 Å². The van der Waals surface area contributed by atoms with E-state index in [2.05, 4.69) is 270 Å². The molecule has 0 amide bonds. The van der Waals surface area contributed by atoms with Crippen molar-refractivity contribution in [3.63, 3.8) is 0 Å². The molecule has 6 aromatic carbocycles. The second-order valence-corrected chi connectivity index (χ2v) is 26.5. The highest BCUT2D eigenvalue weighted by Gasteiger charge is 2.45. The van der Waals surface area contributed by atoms with E-state index < -0.39 is 26.1 Å². The van der Waals surface area contributed by atoms with Crippen molar-refractivity contribution >= 4 is 7.82 Å². The van der Waals surface area contributed by atoms with E-state index in [9.17, 15) is 0 Å². The summed E-state index contributed by atoms with van der Waals surface area (Å²) >= 11 is 0. The minimum absolute atomic E-state index is 0.291.